The monoisotopic (exact) mass is 192 g/mol. The summed E-state index contributed by atoms with van der Waals surface area (Å²) in [5.41, 5.74) is 5.89. The molecule has 0 aromatic heterocycles. The van der Waals surface area contributed by atoms with Crippen molar-refractivity contribution < 1.29 is 9.53 Å². The van der Waals surface area contributed by atoms with Crippen LogP contribution in [0.5, 0.6) is 0 Å². The van der Waals surface area contributed by atoms with Gasteiger partial charge in [0.15, 0.2) is 5.60 Å². The Bertz CT molecular complexity index is 339. The number of rotatable bonds is 2. The number of nitrogens with two attached hydrogens (primary N) is 1. The van der Waals surface area contributed by atoms with E-state index in [0.29, 0.717) is 6.54 Å². The van der Waals surface area contributed by atoms with E-state index in [1.807, 2.05) is 30.3 Å². The van der Waals surface area contributed by atoms with E-state index in [9.17, 15) is 4.79 Å². The molecule has 0 saturated carbocycles. The molecule has 1 aliphatic rings. The van der Waals surface area contributed by atoms with Gasteiger partial charge in [-0.1, -0.05) is 30.3 Å². The van der Waals surface area contributed by atoms with Crippen LogP contribution in [0.1, 0.15) is 5.56 Å². The molecule has 14 heavy (non-hydrogen) atoms. The van der Waals surface area contributed by atoms with Crippen LogP contribution in [0.3, 0.4) is 0 Å². The highest BCUT2D eigenvalue weighted by molar-refractivity contribution is 5.70. The van der Waals surface area contributed by atoms with Crippen LogP contribution in [0.2, 0.25) is 0 Å². The number of benzene rings is 1. The molecular weight excluding hydrogens is 180 g/mol. The highest BCUT2D eigenvalue weighted by Gasteiger charge is 2.40. The number of nitrogens with one attached hydrogen (secondary N) is 1. The lowest BCUT2D eigenvalue weighted by molar-refractivity contribution is 0.0617. The van der Waals surface area contributed by atoms with E-state index >= 15 is 0 Å². The molecule has 3 N–H and O–H groups in total. The van der Waals surface area contributed by atoms with Gasteiger partial charge in [-0.2, -0.15) is 0 Å². The fourth-order valence-electron chi connectivity index (χ4n) is 1.60. The SMILES string of the molecule is NCC1(c2ccccc2)CNC(=O)O1. The van der Waals surface area contributed by atoms with Crippen LogP contribution < -0.4 is 11.1 Å². The summed E-state index contributed by atoms with van der Waals surface area (Å²) in [5, 5.41) is 2.62. The average molecular weight is 192 g/mol. The summed E-state index contributed by atoms with van der Waals surface area (Å²) in [4.78, 5) is 11.0. The van der Waals surface area contributed by atoms with Gasteiger partial charge in [-0.15, -0.1) is 0 Å². The molecule has 0 aliphatic carbocycles. The predicted molar refractivity (Wildman–Crippen MR) is 51.7 cm³/mol. The molecule has 1 saturated heterocycles. The minimum atomic E-state index is -0.682. The Labute approximate surface area is 82.1 Å². The van der Waals surface area contributed by atoms with E-state index in [1.165, 1.54) is 0 Å². The van der Waals surface area contributed by atoms with Crippen molar-refractivity contribution in [2.24, 2.45) is 5.73 Å². The van der Waals surface area contributed by atoms with Crippen molar-refractivity contribution in [1.29, 1.82) is 0 Å². The van der Waals surface area contributed by atoms with Crippen LogP contribution >= 0.6 is 0 Å². The molecule has 4 nitrogen and oxygen atoms in total. The Morgan fingerprint density at radius 2 is 2.14 bits per heavy atom. The topological polar surface area (TPSA) is 64.3 Å². The van der Waals surface area contributed by atoms with E-state index in [2.05, 4.69) is 5.32 Å². The van der Waals surface area contributed by atoms with Crippen molar-refractivity contribution in [3.63, 3.8) is 0 Å². The molecule has 1 aromatic carbocycles. The first kappa shape index (κ1) is 9.02. The summed E-state index contributed by atoms with van der Waals surface area (Å²) in [6.07, 6.45) is -0.403. The maximum absolute atomic E-state index is 11.0. The standard InChI is InChI=1S/C10H12N2O2/c11-6-10(7-12-9(13)14-10)8-4-2-1-3-5-8/h1-5H,6-7,11H2,(H,12,13). The summed E-state index contributed by atoms with van der Waals surface area (Å²) in [6.45, 7) is 0.724. The van der Waals surface area contributed by atoms with Gasteiger partial charge in [-0.25, -0.2) is 4.79 Å². The third-order valence-corrected chi connectivity index (χ3v) is 2.44. The van der Waals surface area contributed by atoms with E-state index in [4.69, 9.17) is 10.5 Å². The second-order valence-electron chi connectivity index (χ2n) is 3.31. The van der Waals surface area contributed by atoms with Crippen molar-refractivity contribution in [2.75, 3.05) is 13.1 Å². The van der Waals surface area contributed by atoms with Crippen molar-refractivity contribution in [1.82, 2.24) is 5.32 Å². The van der Waals surface area contributed by atoms with E-state index in [1.54, 1.807) is 0 Å². The lowest BCUT2D eigenvalue weighted by atomic mass is 9.94. The zero-order valence-electron chi connectivity index (χ0n) is 7.69. The molecule has 1 aromatic rings. The molecule has 0 spiro atoms. The average Bonchev–Trinajstić information content (AvgIpc) is 2.63. The van der Waals surface area contributed by atoms with Gasteiger partial charge >= 0.3 is 6.09 Å². The van der Waals surface area contributed by atoms with Crippen LogP contribution in [0, 0.1) is 0 Å². The Morgan fingerprint density at radius 3 is 2.64 bits per heavy atom. The summed E-state index contributed by atoms with van der Waals surface area (Å²) < 4.78 is 5.21. The van der Waals surface area contributed by atoms with Gasteiger partial charge in [0.1, 0.15) is 0 Å². The third kappa shape index (κ3) is 1.33. The number of ether oxygens (including phenoxy) is 1. The number of carbonyl (C=O) groups excluding carboxylic acids is 1. The Hall–Kier alpha value is -1.55. The minimum Gasteiger partial charge on any atom is -0.435 e. The Kier molecular flexibility index (Phi) is 2.13. The first-order valence-corrected chi connectivity index (χ1v) is 4.49. The molecule has 1 amide bonds. The van der Waals surface area contributed by atoms with Gasteiger partial charge in [-0.05, 0) is 5.56 Å². The van der Waals surface area contributed by atoms with Gasteiger partial charge in [-0.3, -0.25) is 0 Å². The minimum absolute atomic E-state index is 0.287. The number of hydrogen-bond acceptors (Lipinski definition) is 3. The largest absolute Gasteiger partial charge is 0.435 e. The smallest absolute Gasteiger partial charge is 0.408 e. The number of cyclic esters (lactones) is 1. The van der Waals surface area contributed by atoms with Gasteiger partial charge in [0.2, 0.25) is 0 Å². The number of carbonyl (C=O) groups is 1. The summed E-state index contributed by atoms with van der Waals surface area (Å²) >= 11 is 0. The lowest BCUT2D eigenvalue weighted by Gasteiger charge is -2.24. The Balaban J connectivity index is 2.34. The van der Waals surface area contributed by atoms with Gasteiger partial charge in [0.25, 0.3) is 0 Å². The zero-order valence-corrected chi connectivity index (χ0v) is 7.69. The van der Waals surface area contributed by atoms with Crippen LogP contribution in [0.4, 0.5) is 4.79 Å². The fraction of sp³-hybridized carbons (Fsp3) is 0.300. The molecule has 1 unspecified atom stereocenters. The van der Waals surface area contributed by atoms with Crippen molar-refractivity contribution in [3.8, 4) is 0 Å². The summed E-state index contributed by atoms with van der Waals surface area (Å²) in [7, 11) is 0. The van der Waals surface area contributed by atoms with Crippen molar-refractivity contribution >= 4 is 6.09 Å². The van der Waals surface area contributed by atoms with Gasteiger partial charge in [0.05, 0.1) is 6.54 Å². The summed E-state index contributed by atoms with van der Waals surface area (Å²) in [6, 6.07) is 9.54. The molecule has 0 radical (unpaired) electrons. The van der Waals surface area contributed by atoms with Gasteiger partial charge < -0.3 is 15.8 Å². The van der Waals surface area contributed by atoms with Crippen LogP contribution in [0.25, 0.3) is 0 Å². The van der Waals surface area contributed by atoms with Gasteiger partial charge in [0, 0.05) is 6.54 Å². The number of amides is 1. The van der Waals surface area contributed by atoms with E-state index in [0.717, 1.165) is 5.56 Å². The highest BCUT2D eigenvalue weighted by atomic mass is 16.6. The van der Waals surface area contributed by atoms with E-state index < -0.39 is 11.7 Å². The number of hydrogen-bond donors (Lipinski definition) is 2. The maximum Gasteiger partial charge on any atom is 0.408 e. The van der Waals surface area contributed by atoms with Crippen LogP contribution in [-0.2, 0) is 10.3 Å². The summed E-state index contributed by atoms with van der Waals surface area (Å²) in [5.74, 6) is 0. The number of alkyl carbamates (subject to hydrolysis) is 1. The molecule has 74 valence electrons. The molecule has 2 rings (SSSR count). The lowest BCUT2D eigenvalue weighted by Crippen LogP contribution is -2.38. The second-order valence-corrected chi connectivity index (χ2v) is 3.31. The molecule has 1 atom stereocenters. The molecule has 1 aliphatic heterocycles. The van der Waals surface area contributed by atoms with Crippen LogP contribution in [-0.4, -0.2) is 19.2 Å². The fourth-order valence-corrected chi connectivity index (χ4v) is 1.60. The molecule has 1 fully saturated rings. The Morgan fingerprint density at radius 1 is 1.43 bits per heavy atom. The quantitative estimate of drug-likeness (QED) is 0.720. The zero-order chi connectivity index (χ0) is 10.0. The van der Waals surface area contributed by atoms with E-state index in [-0.39, 0.29) is 6.54 Å². The second kappa shape index (κ2) is 3.31. The van der Waals surface area contributed by atoms with Crippen molar-refractivity contribution in [3.05, 3.63) is 35.9 Å². The normalized spacial score (nSPS) is 25.6. The molecule has 1 heterocycles. The predicted octanol–water partition coefficient (Wildman–Crippen LogP) is 0.580. The molecule has 4 heteroatoms. The molecule has 0 bridgehead atoms. The first-order valence-electron chi connectivity index (χ1n) is 4.49. The van der Waals surface area contributed by atoms with Crippen LogP contribution in [0.15, 0.2) is 30.3 Å². The maximum atomic E-state index is 11.0. The van der Waals surface area contributed by atoms with Crippen molar-refractivity contribution in [2.45, 2.75) is 5.60 Å². The highest BCUT2D eigenvalue weighted by Crippen LogP contribution is 2.27. The first-order chi connectivity index (χ1) is 6.77. The molecular formula is C10H12N2O2. The third-order valence-electron chi connectivity index (χ3n) is 2.44.